The molecule has 0 radical (unpaired) electrons. The second-order valence-electron chi connectivity index (χ2n) is 2.27. The van der Waals surface area contributed by atoms with Gasteiger partial charge in [-0.05, 0) is 0 Å². The van der Waals surface area contributed by atoms with Crippen LogP contribution in [0, 0.1) is 0 Å². The Kier molecular flexibility index (Phi) is 1.41. The van der Waals surface area contributed by atoms with Gasteiger partial charge < -0.3 is 4.52 Å². The molecule has 4 nitrogen and oxygen atoms in total. The zero-order chi connectivity index (χ0) is 6.81. The van der Waals surface area contributed by atoms with Gasteiger partial charge in [0, 0.05) is 19.2 Å². The minimum atomic E-state index is 0.193. The zero-order valence-corrected chi connectivity index (χ0v) is 5.50. The molecule has 1 aromatic heterocycles. The summed E-state index contributed by atoms with van der Waals surface area (Å²) in [5.74, 6) is 0. The Morgan fingerprint density at radius 3 is 2.90 bits per heavy atom. The van der Waals surface area contributed by atoms with E-state index in [4.69, 9.17) is 4.52 Å². The van der Waals surface area contributed by atoms with Crippen LogP contribution < -0.4 is 10.6 Å². The summed E-state index contributed by atoms with van der Waals surface area (Å²) in [5, 5.41) is 10.2. The highest BCUT2D eigenvalue weighted by Crippen LogP contribution is 2.08. The van der Waals surface area contributed by atoms with E-state index in [9.17, 15) is 0 Å². The standard InChI is InChI=1S/C6H9N3O/c1-4-10-9-5(1)6-7-2-3-8-6/h1,4,6-8H,2-3H2. The van der Waals surface area contributed by atoms with E-state index in [1.807, 2.05) is 6.07 Å². The van der Waals surface area contributed by atoms with Gasteiger partial charge in [-0.3, -0.25) is 10.6 Å². The summed E-state index contributed by atoms with van der Waals surface area (Å²) < 4.78 is 4.70. The Morgan fingerprint density at radius 2 is 2.30 bits per heavy atom. The highest BCUT2D eigenvalue weighted by molar-refractivity contribution is 5.03. The van der Waals surface area contributed by atoms with Crippen LogP contribution in [0.25, 0.3) is 0 Å². The van der Waals surface area contributed by atoms with Crippen molar-refractivity contribution >= 4 is 0 Å². The lowest BCUT2D eigenvalue weighted by Gasteiger charge is -2.03. The maximum Gasteiger partial charge on any atom is 0.124 e. The average Bonchev–Trinajstić information content (AvgIpc) is 2.59. The number of nitrogens with zero attached hydrogens (tertiary/aromatic N) is 1. The fraction of sp³-hybridized carbons (Fsp3) is 0.500. The number of hydrogen-bond acceptors (Lipinski definition) is 4. The number of rotatable bonds is 1. The first-order valence-electron chi connectivity index (χ1n) is 3.34. The Balaban J connectivity index is 2.12. The number of aromatic nitrogens is 1. The van der Waals surface area contributed by atoms with Gasteiger partial charge in [-0.1, -0.05) is 5.16 Å². The third kappa shape index (κ3) is 0.913. The van der Waals surface area contributed by atoms with Crippen molar-refractivity contribution in [2.45, 2.75) is 6.17 Å². The van der Waals surface area contributed by atoms with E-state index in [-0.39, 0.29) is 6.17 Å². The molecule has 0 aliphatic carbocycles. The zero-order valence-electron chi connectivity index (χ0n) is 5.50. The molecule has 1 aromatic rings. The molecule has 2 N–H and O–H groups in total. The highest BCUT2D eigenvalue weighted by Gasteiger charge is 2.16. The lowest BCUT2D eigenvalue weighted by molar-refractivity contribution is 0.397. The van der Waals surface area contributed by atoms with E-state index in [2.05, 4.69) is 15.8 Å². The fourth-order valence-corrected chi connectivity index (χ4v) is 1.09. The van der Waals surface area contributed by atoms with Crippen molar-refractivity contribution in [3.63, 3.8) is 0 Å². The second kappa shape index (κ2) is 2.40. The Labute approximate surface area is 58.6 Å². The minimum Gasteiger partial charge on any atom is -0.364 e. The number of nitrogens with one attached hydrogen (secondary N) is 2. The molecule has 54 valence electrons. The molecule has 0 bridgehead atoms. The molecular weight excluding hydrogens is 130 g/mol. The largest absolute Gasteiger partial charge is 0.364 e. The fourth-order valence-electron chi connectivity index (χ4n) is 1.09. The van der Waals surface area contributed by atoms with Crippen molar-refractivity contribution in [3.05, 3.63) is 18.0 Å². The van der Waals surface area contributed by atoms with Gasteiger partial charge >= 0.3 is 0 Å². The molecule has 1 fully saturated rings. The molecule has 0 aromatic carbocycles. The van der Waals surface area contributed by atoms with Crippen molar-refractivity contribution in [3.8, 4) is 0 Å². The van der Waals surface area contributed by atoms with E-state index < -0.39 is 0 Å². The Hall–Kier alpha value is -0.870. The summed E-state index contributed by atoms with van der Waals surface area (Å²) in [5.41, 5.74) is 0.928. The first-order valence-corrected chi connectivity index (χ1v) is 3.34. The van der Waals surface area contributed by atoms with Gasteiger partial charge in [0.1, 0.15) is 18.1 Å². The summed E-state index contributed by atoms with van der Waals surface area (Å²) in [6, 6.07) is 1.86. The van der Waals surface area contributed by atoms with Crippen LogP contribution in [0.15, 0.2) is 16.9 Å². The van der Waals surface area contributed by atoms with E-state index in [1.54, 1.807) is 6.26 Å². The van der Waals surface area contributed by atoms with Crippen LogP contribution in [0.4, 0.5) is 0 Å². The van der Waals surface area contributed by atoms with Crippen molar-refractivity contribution in [2.24, 2.45) is 0 Å². The van der Waals surface area contributed by atoms with Crippen LogP contribution in [0.3, 0.4) is 0 Å². The lowest BCUT2D eigenvalue weighted by atomic mass is 10.3. The molecule has 0 saturated carbocycles. The summed E-state index contributed by atoms with van der Waals surface area (Å²) >= 11 is 0. The predicted molar refractivity (Wildman–Crippen MR) is 35.2 cm³/mol. The number of hydrogen-bond donors (Lipinski definition) is 2. The topological polar surface area (TPSA) is 50.1 Å². The van der Waals surface area contributed by atoms with Crippen LogP contribution in [-0.2, 0) is 0 Å². The van der Waals surface area contributed by atoms with E-state index in [0.29, 0.717) is 0 Å². The maximum absolute atomic E-state index is 4.70. The average molecular weight is 139 g/mol. The van der Waals surface area contributed by atoms with Crippen LogP contribution >= 0.6 is 0 Å². The van der Waals surface area contributed by atoms with E-state index in [1.165, 1.54) is 0 Å². The van der Waals surface area contributed by atoms with Gasteiger partial charge in [0.2, 0.25) is 0 Å². The molecule has 10 heavy (non-hydrogen) atoms. The van der Waals surface area contributed by atoms with Crippen LogP contribution in [0.1, 0.15) is 11.9 Å². The predicted octanol–water partition coefficient (Wildman–Crippen LogP) is -0.134. The molecule has 2 rings (SSSR count). The van der Waals surface area contributed by atoms with Gasteiger partial charge in [0.25, 0.3) is 0 Å². The van der Waals surface area contributed by atoms with Gasteiger partial charge in [-0.2, -0.15) is 0 Å². The lowest BCUT2D eigenvalue weighted by Crippen LogP contribution is -2.21. The molecule has 1 saturated heterocycles. The summed E-state index contributed by atoms with van der Waals surface area (Å²) in [7, 11) is 0. The van der Waals surface area contributed by atoms with Gasteiger partial charge in [-0.15, -0.1) is 0 Å². The SMILES string of the molecule is c1cc(C2NCCN2)no1. The molecule has 0 atom stereocenters. The summed E-state index contributed by atoms with van der Waals surface area (Å²) in [4.78, 5) is 0. The van der Waals surface area contributed by atoms with E-state index >= 15 is 0 Å². The van der Waals surface area contributed by atoms with Crippen molar-refractivity contribution in [2.75, 3.05) is 13.1 Å². The van der Waals surface area contributed by atoms with Crippen molar-refractivity contribution in [1.82, 2.24) is 15.8 Å². The van der Waals surface area contributed by atoms with Crippen LogP contribution in [-0.4, -0.2) is 18.2 Å². The monoisotopic (exact) mass is 139 g/mol. The van der Waals surface area contributed by atoms with Gasteiger partial charge in [0.05, 0.1) is 0 Å². The van der Waals surface area contributed by atoms with Gasteiger partial charge in [0.15, 0.2) is 0 Å². The summed E-state index contributed by atoms with van der Waals surface area (Å²) in [6.07, 6.45) is 1.77. The Bertz CT molecular complexity index is 191. The second-order valence-corrected chi connectivity index (χ2v) is 2.27. The smallest absolute Gasteiger partial charge is 0.124 e. The third-order valence-corrected chi connectivity index (χ3v) is 1.58. The van der Waals surface area contributed by atoms with Gasteiger partial charge in [-0.25, -0.2) is 0 Å². The first-order chi connectivity index (χ1) is 4.97. The molecule has 2 heterocycles. The Morgan fingerprint density at radius 1 is 1.50 bits per heavy atom. The maximum atomic E-state index is 4.70. The van der Waals surface area contributed by atoms with Crippen LogP contribution in [0.5, 0.6) is 0 Å². The van der Waals surface area contributed by atoms with E-state index in [0.717, 1.165) is 18.8 Å². The molecule has 1 aliphatic rings. The molecule has 0 spiro atoms. The first kappa shape index (κ1) is 5.88. The molecule has 0 unspecified atom stereocenters. The van der Waals surface area contributed by atoms with Crippen molar-refractivity contribution in [1.29, 1.82) is 0 Å². The normalized spacial score (nSPS) is 20.0. The van der Waals surface area contributed by atoms with Crippen LogP contribution in [0.2, 0.25) is 0 Å². The quantitative estimate of drug-likeness (QED) is 0.569. The molecule has 4 heteroatoms. The minimum absolute atomic E-state index is 0.193. The molecule has 1 aliphatic heterocycles. The molecular formula is C6H9N3O. The molecule has 0 amide bonds. The third-order valence-electron chi connectivity index (χ3n) is 1.58. The highest BCUT2D eigenvalue weighted by atomic mass is 16.5. The summed E-state index contributed by atoms with van der Waals surface area (Å²) in [6.45, 7) is 2.00. The van der Waals surface area contributed by atoms with Crippen molar-refractivity contribution < 1.29 is 4.52 Å².